The predicted octanol–water partition coefficient (Wildman–Crippen LogP) is 4.08. The number of carbonyl (C=O) groups is 1. The van der Waals surface area contributed by atoms with E-state index in [0.717, 1.165) is 16.6 Å². The second-order valence-electron chi connectivity index (χ2n) is 5.01. The lowest BCUT2D eigenvalue weighted by Crippen LogP contribution is -2.05. The number of rotatable bonds is 2. The molecule has 0 fully saturated rings. The molecular formula is C18H15NO. The van der Waals surface area contributed by atoms with Gasteiger partial charge in [0.2, 0.25) is 0 Å². The molecule has 2 aromatic carbocycles. The van der Waals surface area contributed by atoms with Crippen molar-refractivity contribution in [2.24, 2.45) is 0 Å². The van der Waals surface area contributed by atoms with Crippen molar-refractivity contribution in [1.29, 1.82) is 0 Å². The zero-order valence-electron chi connectivity index (χ0n) is 11.6. The van der Waals surface area contributed by atoms with E-state index >= 15 is 0 Å². The number of hydrogen-bond donors (Lipinski definition) is 0. The average Bonchev–Trinajstić information content (AvgIpc) is 2.47. The van der Waals surface area contributed by atoms with E-state index in [2.05, 4.69) is 11.1 Å². The molecule has 0 saturated heterocycles. The minimum absolute atomic E-state index is 0.0269. The van der Waals surface area contributed by atoms with Crippen molar-refractivity contribution in [1.82, 2.24) is 4.98 Å². The molecule has 20 heavy (non-hydrogen) atoms. The van der Waals surface area contributed by atoms with Gasteiger partial charge in [0.1, 0.15) is 0 Å². The summed E-state index contributed by atoms with van der Waals surface area (Å²) in [6.07, 6.45) is 0. The molecule has 0 atom stereocenters. The van der Waals surface area contributed by atoms with E-state index in [4.69, 9.17) is 0 Å². The summed E-state index contributed by atoms with van der Waals surface area (Å²) in [5.41, 5.74) is 4.24. The monoisotopic (exact) mass is 261 g/mol. The van der Waals surface area contributed by atoms with Crippen LogP contribution in [0.15, 0.2) is 54.6 Å². The summed E-state index contributed by atoms with van der Waals surface area (Å²) in [6.45, 7) is 3.92. The zero-order valence-corrected chi connectivity index (χ0v) is 11.6. The van der Waals surface area contributed by atoms with Crippen molar-refractivity contribution >= 4 is 16.7 Å². The Morgan fingerprint density at radius 3 is 2.45 bits per heavy atom. The first-order valence-corrected chi connectivity index (χ1v) is 6.63. The SMILES string of the molecule is Cc1ccc2nc(C)c(C(=O)c3ccccc3)cc2c1. The van der Waals surface area contributed by atoms with Crippen molar-refractivity contribution < 1.29 is 4.79 Å². The first-order chi connectivity index (χ1) is 9.65. The Balaban J connectivity index is 2.16. The molecule has 0 N–H and O–H groups in total. The maximum Gasteiger partial charge on any atom is 0.194 e. The van der Waals surface area contributed by atoms with E-state index in [9.17, 15) is 4.79 Å². The van der Waals surface area contributed by atoms with Crippen molar-refractivity contribution in [2.75, 3.05) is 0 Å². The Morgan fingerprint density at radius 2 is 1.70 bits per heavy atom. The van der Waals surface area contributed by atoms with Crippen LogP contribution in [0.25, 0.3) is 10.9 Å². The van der Waals surface area contributed by atoms with Gasteiger partial charge in [-0.2, -0.15) is 0 Å². The molecule has 0 amide bonds. The van der Waals surface area contributed by atoms with Crippen LogP contribution in [0, 0.1) is 13.8 Å². The molecule has 1 aromatic heterocycles. The van der Waals surface area contributed by atoms with Gasteiger partial charge in [-0.1, -0.05) is 42.0 Å². The number of pyridine rings is 1. The average molecular weight is 261 g/mol. The quantitative estimate of drug-likeness (QED) is 0.650. The smallest absolute Gasteiger partial charge is 0.194 e. The lowest BCUT2D eigenvalue weighted by molar-refractivity contribution is 0.103. The van der Waals surface area contributed by atoms with E-state index in [0.29, 0.717) is 11.1 Å². The number of hydrogen-bond acceptors (Lipinski definition) is 2. The van der Waals surface area contributed by atoms with E-state index in [-0.39, 0.29) is 5.78 Å². The molecule has 3 rings (SSSR count). The minimum Gasteiger partial charge on any atom is -0.289 e. The molecule has 0 bridgehead atoms. The zero-order chi connectivity index (χ0) is 14.1. The van der Waals surface area contributed by atoms with Gasteiger partial charge in [0.15, 0.2) is 5.78 Å². The summed E-state index contributed by atoms with van der Waals surface area (Å²) in [4.78, 5) is 17.1. The Labute approximate surface area is 118 Å². The molecule has 2 nitrogen and oxygen atoms in total. The third kappa shape index (κ3) is 2.21. The van der Waals surface area contributed by atoms with Crippen LogP contribution < -0.4 is 0 Å². The Bertz CT molecular complexity index is 791. The van der Waals surface area contributed by atoms with Crippen LogP contribution >= 0.6 is 0 Å². The fourth-order valence-corrected chi connectivity index (χ4v) is 2.37. The van der Waals surface area contributed by atoms with Gasteiger partial charge in [0, 0.05) is 22.2 Å². The molecule has 0 aliphatic heterocycles. The fourth-order valence-electron chi connectivity index (χ4n) is 2.37. The van der Waals surface area contributed by atoms with Crippen LogP contribution in [0.4, 0.5) is 0 Å². The Hall–Kier alpha value is -2.48. The highest BCUT2D eigenvalue weighted by atomic mass is 16.1. The molecule has 0 saturated carbocycles. The summed E-state index contributed by atoms with van der Waals surface area (Å²) in [7, 11) is 0. The predicted molar refractivity (Wildman–Crippen MR) is 81.1 cm³/mol. The number of aromatic nitrogens is 1. The molecule has 0 aliphatic carbocycles. The van der Waals surface area contributed by atoms with Crippen molar-refractivity contribution in [2.45, 2.75) is 13.8 Å². The van der Waals surface area contributed by atoms with Crippen molar-refractivity contribution in [3.05, 3.63) is 77.0 Å². The molecule has 98 valence electrons. The molecular weight excluding hydrogens is 246 g/mol. The summed E-state index contributed by atoms with van der Waals surface area (Å²) >= 11 is 0. The summed E-state index contributed by atoms with van der Waals surface area (Å²) in [5.74, 6) is 0.0269. The Kier molecular flexibility index (Phi) is 3.07. The number of aryl methyl sites for hydroxylation is 2. The summed E-state index contributed by atoms with van der Waals surface area (Å²) < 4.78 is 0. The number of nitrogens with zero attached hydrogens (tertiary/aromatic N) is 1. The van der Waals surface area contributed by atoms with Gasteiger partial charge in [0.25, 0.3) is 0 Å². The van der Waals surface area contributed by atoms with E-state index in [1.165, 1.54) is 5.56 Å². The van der Waals surface area contributed by atoms with Gasteiger partial charge < -0.3 is 0 Å². The second-order valence-corrected chi connectivity index (χ2v) is 5.01. The van der Waals surface area contributed by atoms with Gasteiger partial charge in [-0.25, -0.2) is 0 Å². The minimum atomic E-state index is 0.0269. The first-order valence-electron chi connectivity index (χ1n) is 6.63. The second kappa shape index (κ2) is 4.89. The number of ketones is 1. The van der Waals surface area contributed by atoms with E-state index in [1.54, 1.807) is 0 Å². The first kappa shape index (κ1) is 12.5. The van der Waals surface area contributed by atoms with Crippen LogP contribution in [0.5, 0.6) is 0 Å². The van der Waals surface area contributed by atoms with Crippen molar-refractivity contribution in [3.8, 4) is 0 Å². The molecule has 2 heteroatoms. The molecule has 1 heterocycles. The standard InChI is InChI=1S/C18H15NO/c1-12-8-9-17-15(10-12)11-16(13(2)19-17)18(20)14-6-4-3-5-7-14/h3-11H,1-2H3. The van der Waals surface area contributed by atoms with Crippen LogP contribution in [0.2, 0.25) is 0 Å². The molecule has 0 spiro atoms. The fraction of sp³-hybridized carbons (Fsp3) is 0.111. The molecule has 0 aliphatic rings. The van der Waals surface area contributed by atoms with Gasteiger partial charge in [-0.05, 0) is 32.0 Å². The maximum absolute atomic E-state index is 12.6. The van der Waals surface area contributed by atoms with Crippen molar-refractivity contribution in [3.63, 3.8) is 0 Å². The molecule has 3 aromatic rings. The highest BCUT2D eigenvalue weighted by Gasteiger charge is 2.13. The highest BCUT2D eigenvalue weighted by molar-refractivity contribution is 6.11. The van der Waals surface area contributed by atoms with Crippen LogP contribution in [-0.4, -0.2) is 10.8 Å². The van der Waals surface area contributed by atoms with Gasteiger partial charge in [-0.3, -0.25) is 9.78 Å². The third-order valence-electron chi connectivity index (χ3n) is 3.44. The lowest BCUT2D eigenvalue weighted by Gasteiger charge is -2.07. The van der Waals surface area contributed by atoms with Crippen LogP contribution in [0.3, 0.4) is 0 Å². The topological polar surface area (TPSA) is 30.0 Å². The lowest BCUT2D eigenvalue weighted by atomic mass is 10.00. The number of carbonyl (C=O) groups excluding carboxylic acids is 1. The van der Waals surface area contributed by atoms with E-state index in [1.807, 2.05) is 62.4 Å². The van der Waals surface area contributed by atoms with Crippen LogP contribution in [-0.2, 0) is 0 Å². The number of fused-ring (bicyclic) bond motifs is 1. The van der Waals surface area contributed by atoms with Gasteiger partial charge >= 0.3 is 0 Å². The summed E-state index contributed by atoms with van der Waals surface area (Å²) in [5, 5.41) is 1.01. The summed E-state index contributed by atoms with van der Waals surface area (Å²) in [6, 6.07) is 17.4. The van der Waals surface area contributed by atoms with E-state index < -0.39 is 0 Å². The van der Waals surface area contributed by atoms with Gasteiger partial charge in [0.05, 0.1) is 5.52 Å². The molecule has 0 unspecified atom stereocenters. The van der Waals surface area contributed by atoms with Gasteiger partial charge in [-0.15, -0.1) is 0 Å². The largest absolute Gasteiger partial charge is 0.289 e. The number of benzene rings is 2. The highest BCUT2D eigenvalue weighted by Crippen LogP contribution is 2.20. The maximum atomic E-state index is 12.6. The third-order valence-corrected chi connectivity index (χ3v) is 3.44. The van der Waals surface area contributed by atoms with Crippen LogP contribution in [0.1, 0.15) is 27.2 Å². The normalized spacial score (nSPS) is 10.7. The Morgan fingerprint density at radius 1 is 0.950 bits per heavy atom. The molecule has 0 radical (unpaired) electrons.